The molecule has 0 rings (SSSR count). The summed E-state index contributed by atoms with van der Waals surface area (Å²) in [7, 11) is 0. The van der Waals surface area contributed by atoms with Crippen LogP contribution in [0.1, 0.15) is 47.5 Å². The summed E-state index contributed by atoms with van der Waals surface area (Å²) in [5, 5.41) is 1.47. The molecule has 84 valence electrons. The molecule has 0 aliphatic rings. The van der Waals surface area contributed by atoms with Gasteiger partial charge in [-0.2, -0.15) is 13.8 Å². The van der Waals surface area contributed by atoms with Crippen molar-refractivity contribution in [3.8, 4) is 0 Å². The summed E-state index contributed by atoms with van der Waals surface area (Å²) in [5.74, 6) is 1.26. The zero-order valence-corrected chi connectivity index (χ0v) is 13.8. The molecule has 0 heterocycles. The third-order valence-electron chi connectivity index (χ3n) is 1.52. The van der Waals surface area contributed by atoms with Crippen LogP contribution in [0.5, 0.6) is 0 Å². The van der Waals surface area contributed by atoms with Crippen molar-refractivity contribution in [3.63, 3.8) is 0 Å². The third-order valence-corrected chi connectivity index (χ3v) is 2.59. The fourth-order valence-corrected chi connectivity index (χ4v) is 1.63. The minimum Gasteiger partial charge on any atom is -0.349 e. The van der Waals surface area contributed by atoms with Crippen molar-refractivity contribution in [2.24, 2.45) is 5.41 Å². The maximum atomic E-state index is 2.31. The summed E-state index contributed by atoms with van der Waals surface area (Å²) in [6.45, 7) is 11.1. The van der Waals surface area contributed by atoms with Crippen LogP contribution in [0, 0.1) is 10.7 Å². The van der Waals surface area contributed by atoms with Gasteiger partial charge in [-0.05, 0) is 24.0 Å². The van der Waals surface area contributed by atoms with E-state index in [1.807, 2.05) is 11.8 Å². The van der Waals surface area contributed by atoms with Crippen molar-refractivity contribution in [1.82, 2.24) is 0 Å². The second-order valence-corrected chi connectivity index (χ2v) is 6.18. The Hall–Kier alpha value is 0.778. The molecule has 0 spiro atoms. The first-order valence-electron chi connectivity index (χ1n) is 5.02. The summed E-state index contributed by atoms with van der Waals surface area (Å²) in [5.41, 5.74) is 0.347. The minimum absolute atomic E-state index is 0. The molecule has 0 aromatic carbocycles. The predicted molar refractivity (Wildman–Crippen MR) is 64.9 cm³/mol. The van der Waals surface area contributed by atoms with E-state index in [0.717, 1.165) is 0 Å². The average Bonchev–Trinajstić information content (AvgIpc) is 1.93. The van der Waals surface area contributed by atoms with Gasteiger partial charge in [-0.3, -0.25) is 5.25 Å². The molecule has 0 fully saturated rings. The molecule has 0 N–H and O–H groups in total. The van der Waals surface area contributed by atoms with Crippen molar-refractivity contribution in [1.29, 1.82) is 0 Å². The number of thioether (sulfide) groups is 1. The van der Waals surface area contributed by atoms with Gasteiger partial charge < -0.3 is 11.8 Å². The molecule has 0 saturated heterocycles. The molecule has 0 saturated carbocycles. The second-order valence-electron chi connectivity index (χ2n) is 4.67. The maximum absolute atomic E-state index is 2.31. The van der Waals surface area contributed by atoms with E-state index in [-0.39, 0.29) is 21.1 Å². The van der Waals surface area contributed by atoms with E-state index in [9.17, 15) is 0 Å². The Labute approximate surface area is 109 Å². The van der Waals surface area contributed by atoms with E-state index in [0.29, 0.717) is 5.41 Å². The van der Waals surface area contributed by atoms with E-state index < -0.39 is 0 Å². The predicted octanol–water partition coefficient (Wildman–Crippen LogP) is 4.67. The van der Waals surface area contributed by atoms with Crippen LogP contribution in [0.15, 0.2) is 12.2 Å². The SMILES string of the molecule is C[C-](C)SCCC/C=C\C(C)(C)C.[W]. The summed E-state index contributed by atoms with van der Waals surface area (Å²) in [4.78, 5) is 0. The Morgan fingerprint density at radius 2 is 1.79 bits per heavy atom. The van der Waals surface area contributed by atoms with Crippen molar-refractivity contribution in [2.45, 2.75) is 47.5 Å². The van der Waals surface area contributed by atoms with Crippen molar-refractivity contribution < 1.29 is 21.1 Å². The fourth-order valence-electron chi connectivity index (χ4n) is 0.914. The van der Waals surface area contributed by atoms with Crippen LogP contribution >= 0.6 is 11.8 Å². The van der Waals surface area contributed by atoms with Gasteiger partial charge in [-0.1, -0.05) is 32.9 Å². The van der Waals surface area contributed by atoms with Gasteiger partial charge in [0, 0.05) is 21.1 Å². The van der Waals surface area contributed by atoms with Crippen molar-refractivity contribution in [3.05, 3.63) is 17.4 Å². The van der Waals surface area contributed by atoms with Crippen LogP contribution in [0.2, 0.25) is 0 Å². The molecule has 0 amide bonds. The fraction of sp³-hybridized carbons (Fsp3) is 0.750. The Morgan fingerprint density at radius 3 is 2.21 bits per heavy atom. The molecule has 14 heavy (non-hydrogen) atoms. The zero-order chi connectivity index (χ0) is 10.3. The smallest absolute Gasteiger partial charge is 0 e. The summed E-state index contributed by atoms with van der Waals surface area (Å²) >= 11 is 1.97. The third kappa shape index (κ3) is 15.3. The summed E-state index contributed by atoms with van der Waals surface area (Å²) in [6.07, 6.45) is 7.13. The zero-order valence-electron chi connectivity index (χ0n) is 10.1. The minimum atomic E-state index is 0. The van der Waals surface area contributed by atoms with Gasteiger partial charge in [0.25, 0.3) is 0 Å². The van der Waals surface area contributed by atoms with Gasteiger partial charge in [0.05, 0.1) is 0 Å². The second kappa shape index (κ2) is 9.04. The maximum Gasteiger partial charge on any atom is 0 e. The van der Waals surface area contributed by atoms with Crippen LogP contribution in [0.4, 0.5) is 0 Å². The van der Waals surface area contributed by atoms with Gasteiger partial charge in [0.15, 0.2) is 0 Å². The van der Waals surface area contributed by atoms with Crippen LogP contribution in [0.25, 0.3) is 0 Å². The molecule has 0 bridgehead atoms. The molecule has 0 aliphatic heterocycles. The normalized spacial score (nSPS) is 12.1. The molecule has 0 nitrogen and oxygen atoms in total. The topological polar surface area (TPSA) is 0 Å². The first kappa shape index (κ1) is 17.2. The largest absolute Gasteiger partial charge is 0.349 e. The molecule has 0 atom stereocenters. The first-order valence-corrected chi connectivity index (χ1v) is 6.01. The quantitative estimate of drug-likeness (QED) is 0.378. The van der Waals surface area contributed by atoms with Crippen LogP contribution in [-0.4, -0.2) is 5.75 Å². The van der Waals surface area contributed by atoms with Crippen molar-refractivity contribution >= 4 is 11.8 Å². The van der Waals surface area contributed by atoms with E-state index in [1.165, 1.54) is 23.8 Å². The van der Waals surface area contributed by atoms with Crippen LogP contribution < -0.4 is 0 Å². The van der Waals surface area contributed by atoms with Gasteiger partial charge >= 0.3 is 0 Å². The van der Waals surface area contributed by atoms with E-state index >= 15 is 0 Å². The van der Waals surface area contributed by atoms with Gasteiger partial charge in [0.2, 0.25) is 0 Å². The van der Waals surface area contributed by atoms with E-state index in [4.69, 9.17) is 0 Å². The first-order chi connectivity index (χ1) is 5.92. The molecule has 0 radical (unpaired) electrons. The Balaban J connectivity index is 0. The van der Waals surface area contributed by atoms with E-state index in [1.54, 1.807) is 0 Å². The summed E-state index contributed by atoms with van der Waals surface area (Å²) in [6, 6.07) is 0. The molecule has 0 unspecified atom stereocenters. The molecular weight excluding hydrogens is 360 g/mol. The van der Waals surface area contributed by atoms with Gasteiger partial charge in [-0.15, -0.1) is 0 Å². The Morgan fingerprint density at radius 1 is 1.21 bits per heavy atom. The Kier molecular flexibility index (Phi) is 11.1. The Bertz CT molecular complexity index is 145. The number of hydrogen-bond acceptors (Lipinski definition) is 1. The number of allylic oxidation sites excluding steroid dienone is 2. The molecule has 0 aromatic rings. The molecular formula is C12H23SW-. The molecule has 2 heteroatoms. The van der Waals surface area contributed by atoms with Crippen LogP contribution in [-0.2, 0) is 21.1 Å². The van der Waals surface area contributed by atoms with Gasteiger partial charge in [0.1, 0.15) is 0 Å². The van der Waals surface area contributed by atoms with Crippen molar-refractivity contribution in [2.75, 3.05) is 5.75 Å². The monoisotopic (exact) mass is 383 g/mol. The average molecular weight is 383 g/mol. The number of hydrogen-bond donors (Lipinski definition) is 0. The summed E-state index contributed by atoms with van der Waals surface area (Å²) < 4.78 is 0. The van der Waals surface area contributed by atoms with Gasteiger partial charge in [-0.25, -0.2) is 0 Å². The standard InChI is InChI=1S/C12H23S.W/c1-11(2)13-10-8-6-7-9-12(3,4)5;/h7,9H,6,8,10H2,1-5H3;/q-1;/b9-7-;. The molecule has 0 aromatic heterocycles. The van der Waals surface area contributed by atoms with Crippen LogP contribution in [0.3, 0.4) is 0 Å². The van der Waals surface area contributed by atoms with E-state index in [2.05, 4.69) is 46.8 Å². The number of rotatable bonds is 5. The molecule has 0 aliphatic carbocycles. The number of unbranched alkanes of at least 4 members (excludes halogenated alkanes) is 1.